The van der Waals surface area contributed by atoms with E-state index in [1.54, 1.807) is 0 Å². The molecule has 0 radical (unpaired) electrons. The molecule has 0 aliphatic heterocycles. The summed E-state index contributed by atoms with van der Waals surface area (Å²) >= 11 is 8.15. The van der Waals surface area contributed by atoms with Crippen molar-refractivity contribution in [3.8, 4) is 0 Å². The van der Waals surface area contributed by atoms with Crippen molar-refractivity contribution in [3.05, 3.63) is 0 Å². The van der Waals surface area contributed by atoms with Gasteiger partial charge in [0.25, 0.3) is 0 Å². The van der Waals surface area contributed by atoms with Crippen LogP contribution in [0.4, 0.5) is 0 Å². The monoisotopic (exact) mass is 154 g/mol. The van der Waals surface area contributed by atoms with Gasteiger partial charge in [-0.15, -0.1) is 0 Å². The average Bonchev–Trinajstić information content (AvgIpc) is 1.68. The lowest BCUT2D eigenvalue weighted by molar-refractivity contribution is 0.619. The molecule has 0 amide bonds. The minimum absolute atomic E-state index is 0.639. The summed E-state index contributed by atoms with van der Waals surface area (Å²) in [6, 6.07) is 0. The molecule has 0 heterocycles. The zero-order valence-corrected chi connectivity index (χ0v) is 5.65. The van der Waals surface area contributed by atoms with Gasteiger partial charge in [0.05, 0.1) is 9.40 Å². The Bertz CT molecular complexity index is 151. The molecule has 0 fully saturated rings. The van der Waals surface area contributed by atoms with E-state index >= 15 is 0 Å². The molecule has 0 spiro atoms. The molecule has 0 aliphatic rings. The van der Waals surface area contributed by atoms with E-state index in [1.165, 1.54) is 0 Å². The molecule has 0 rings (SSSR count). The van der Waals surface area contributed by atoms with Crippen molar-refractivity contribution in [2.24, 2.45) is 0 Å². The first-order valence-electron chi connectivity index (χ1n) is 1.28. The van der Waals surface area contributed by atoms with Gasteiger partial charge in [0, 0.05) is 0 Å². The molecule has 0 aliphatic carbocycles. The minimum atomic E-state index is -3.28. The van der Waals surface area contributed by atoms with E-state index in [0.29, 0.717) is 9.40 Å². The fourth-order valence-electron chi connectivity index (χ4n) is 0.0227. The van der Waals surface area contributed by atoms with Crippen molar-refractivity contribution in [3.63, 3.8) is 0 Å². The van der Waals surface area contributed by atoms with Crippen LogP contribution in [0.2, 0.25) is 0 Å². The molecule has 2 nitrogen and oxygen atoms in total. The minimum Gasteiger partial charge on any atom is -0.218 e. The predicted octanol–water partition coefficient (Wildman–Crippen LogP) is 0.316. The third kappa shape index (κ3) is 2.78. The summed E-state index contributed by atoms with van der Waals surface area (Å²) in [5.41, 5.74) is 0. The summed E-state index contributed by atoms with van der Waals surface area (Å²) in [6.45, 7) is 0. The molecule has 0 atom stereocenters. The van der Waals surface area contributed by atoms with E-state index in [-0.39, 0.29) is 0 Å². The Morgan fingerprint density at radius 1 is 1.14 bits per heavy atom. The third-order valence-corrected chi connectivity index (χ3v) is 2.41. The highest BCUT2D eigenvalue weighted by molar-refractivity contribution is 8.28. The number of hydrogen-bond donors (Lipinski definition) is 0. The molecule has 0 N–H and O–H groups in total. The molecule has 0 unspecified atom stereocenters. The Balaban J connectivity index is 4.49. The van der Waals surface area contributed by atoms with Crippen molar-refractivity contribution < 1.29 is 8.42 Å². The SMILES string of the molecule is O=S(=O)(C=S)C=S. The van der Waals surface area contributed by atoms with Gasteiger partial charge in [0.2, 0.25) is 9.84 Å². The highest BCUT2D eigenvalue weighted by Gasteiger charge is 1.94. The number of rotatable bonds is 2. The van der Waals surface area contributed by atoms with E-state index in [1.807, 2.05) is 0 Å². The van der Waals surface area contributed by atoms with Crippen molar-refractivity contribution in [2.45, 2.75) is 0 Å². The Hall–Kier alpha value is 0.130. The fourth-order valence-corrected chi connectivity index (χ4v) is 0.612. The lowest BCUT2D eigenvalue weighted by Gasteiger charge is -1.74. The first-order chi connectivity index (χ1) is 3.12. The molecule has 0 bridgehead atoms. The van der Waals surface area contributed by atoms with Crippen LogP contribution in [0.3, 0.4) is 0 Å². The summed E-state index contributed by atoms with van der Waals surface area (Å²) in [5, 5.41) is 0. The molecule has 40 valence electrons. The van der Waals surface area contributed by atoms with E-state index in [9.17, 15) is 8.42 Å². The van der Waals surface area contributed by atoms with Gasteiger partial charge in [-0.25, -0.2) is 8.42 Å². The van der Waals surface area contributed by atoms with E-state index < -0.39 is 9.84 Å². The Kier molecular flexibility index (Phi) is 2.49. The van der Waals surface area contributed by atoms with Crippen molar-refractivity contribution >= 4 is 43.7 Å². The van der Waals surface area contributed by atoms with Gasteiger partial charge in [0.15, 0.2) is 0 Å². The van der Waals surface area contributed by atoms with Crippen LogP contribution in [-0.2, 0) is 9.84 Å². The van der Waals surface area contributed by atoms with Crippen molar-refractivity contribution in [1.29, 1.82) is 0 Å². The summed E-state index contributed by atoms with van der Waals surface area (Å²) in [5.74, 6) is 0. The summed E-state index contributed by atoms with van der Waals surface area (Å²) in [4.78, 5) is 0. The van der Waals surface area contributed by atoms with E-state index in [0.717, 1.165) is 0 Å². The maximum absolute atomic E-state index is 10.0. The van der Waals surface area contributed by atoms with Crippen LogP contribution in [0.15, 0.2) is 0 Å². The first kappa shape index (κ1) is 7.13. The van der Waals surface area contributed by atoms with Crippen LogP contribution in [0.25, 0.3) is 0 Å². The zero-order valence-electron chi connectivity index (χ0n) is 3.20. The Morgan fingerprint density at radius 2 is 1.43 bits per heavy atom. The van der Waals surface area contributed by atoms with Gasteiger partial charge in [-0.3, -0.25) is 0 Å². The van der Waals surface area contributed by atoms with Gasteiger partial charge in [-0.2, -0.15) is 0 Å². The van der Waals surface area contributed by atoms with Crippen LogP contribution in [0, 0.1) is 0 Å². The zero-order chi connectivity index (χ0) is 5.91. The molecule has 0 saturated carbocycles. The third-order valence-electron chi connectivity index (χ3n) is 0.268. The summed E-state index contributed by atoms with van der Waals surface area (Å²) in [7, 11) is -3.28. The standard InChI is InChI=1S/C2H2O2S3/c3-7(4,1-5)2-6/h1-2H. The van der Waals surface area contributed by atoms with Gasteiger partial charge in [-0.05, 0) is 0 Å². The molecule has 0 aromatic rings. The maximum Gasteiger partial charge on any atom is 0.213 e. The van der Waals surface area contributed by atoms with Gasteiger partial charge >= 0.3 is 0 Å². The average molecular weight is 154 g/mol. The van der Waals surface area contributed by atoms with Crippen molar-refractivity contribution in [2.75, 3.05) is 0 Å². The molecular formula is C2H2O2S3. The molecular weight excluding hydrogens is 152 g/mol. The first-order valence-corrected chi connectivity index (χ1v) is 3.83. The normalized spacial score (nSPS) is 10.3. The lowest BCUT2D eigenvalue weighted by atomic mass is 11.9. The molecule has 7 heavy (non-hydrogen) atoms. The van der Waals surface area contributed by atoms with Crippen LogP contribution in [0.1, 0.15) is 0 Å². The maximum atomic E-state index is 10.0. The van der Waals surface area contributed by atoms with E-state index in [2.05, 4.69) is 24.4 Å². The highest BCUT2D eigenvalue weighted by atomic mass is 32.2. The Morgan fingerprint density at radius 3 is 1.43 bits per heavy atom. The number of hydrogen-bond acceptors (Lipinski definition) is 4. The fraction of sp³-hybridized carbons (Fsp3) is 0. The molecule has 0 aromatic carbocycles. The molecule has 0 saturated heterocycles. The highest BCUT2D eigenvalue weighted by Crippen LogP contribution is 1.75. The van der Waals surface area contributed by atoms with Crippen molar-refractivity contribution in [1.82, 2.24) is 0 Å². The van der Waals surface area contributed by atoms with Crippen LogP contribution >= 0.6 is 24.4 Å². The van der Waals surface area contributed by atoms with Gasteiger partial charge < -0.3 is 0 Å². The number of thiocarbonyl (C=S) groups is 2. The molecule has 0 aromatic heterocycles. The second-order valence-electron chi connectivity index (χ2n) is 0.781. The number of sulfone groups is 1. The van der Waals surface area contributed by atoms with E-state index in [4.69, 9.17) is 0 Å². The topological polar surface area (TPSA) is 34.1 Å². The lowest BCUT2D eigenvalue weighted by Crippen LogP contribution is -1.96. The molecule has 5 heteroatoms. The van der Waals surface area contributed by atoms with Gasteiger partial charge in [-0.1, -0.05) is 24.4 Å². The summed E-state index contributed by atoms with van der Waals surface area (Å²) in [6.07, 6.45) is 0. The second-order valence-corrected chi connectivity index (χ2v) is 3.50. The second kappa shape index (κ2) is 2.44. The van der Waals surface area contributed by atoms with Crippen LogP contribution in [-0.4, -0.2) is 17.8 Å². The predicted molar refractivity (Wildman–Crippen MR) is 36.2 cm³/mol. The quantitative estimate of drug-likeness (QED) is 0.536. The largest absolute Gasteiger partial charge is 0.218 e. The van der Waals surface area contributed by atoms with Gasteiger partial charge in [0.1, 0.15) is 0 Å². The van der Waals surface area contributed by atoms with Crippen LogP contribution < -0.4 is 0 Å². The Labute approximate surface area is 52.4 Å². The smallest absolute Gasteiger partial charge is 0.213 e. The van der Waals surface area contributed by atoms with Crippen LogP contribution in [0.5, 0.6) is 0 Å². The summed E-state index contributed by atoms with van der Waals surface area (Å²) < 4.78 is 21.4.